The third-order valence-corrected chi connectivity index (χ3v) is 6.15. The highest BCUT2D eigenvalue weighted by atomic mass is 79.9. The number of halogens is 2. The molecule has 9 heteroatoms. The third kappa shape index (κ3) is 3.37. The monoisotopic (exact) mass is 439 g/mol. The van der Waals surface area contributed by atoms with Gasteiger partial charge in [-0.3, -0.25) is 4.18 Å². The molecule has 1 saturated carbocycles. The summed E-state index contributed by atoms with van der Waals surface area (Å²) >= 11 is 3.21. The summed E-state index contributed by atoms with van der Waals surface area (Å²) in [7, 11) is -4.14. The van der Waals surface area contributed by atoms with Crippen molar-refractivity contribution < 1.29 is 17.0 Å². The number of hydrogen-bond acceptors (Lipinski definition) is 6. The van der Waals surface area contributed by atoms with Crippen LogP contribution in [0.2, 0.25) is 0 Å². The fourth-order valence-corrected chi connectivity index (χ4v) is 4.39. The van der Waals surface area contributed by atoms with Gasteiger partial charge >= 0.3 is 0 Å². The average Bonchev–Trinajstić information content (AvgIpc) is 2.59. The second kappa shape index (κ2) is 6.68. The van der Waals surface area contributed by atoms with Crippen LogP contribution in [0.3, 0.4) is 0 Å². The molecule has 136 valence electrons. The molecule has 3 rings (SSSR count). The number of rotatable bonds is 5. The summed E-state index contributed by atoms with van der Waals surface area (Å²) in [5.41, 5.74) is -1.86. The highest BCUT2D eigenvalue weighted by molar-refractivity contribution is 9.10. The molecule has 26 heavy (non-hydrogen) atoms. The molecule has 1 aromatic heterocycles. The van der Waals surface area contributed by atoms with Gasteiger partial charge in [-0.1, -0.05) is 17.7 Å². The van der Waals surface area contributed by atoms with Gasteiger partial charge < -0.3 is 0 Å². The first-order valence-corrected chi connectivity index (χ1v) is 9.92. The van der Waals surface area contributed by atoms with Crippen molar-refractivity contribution in [1.29, 1.82) is 5.26 Å². The van der Waals surface area contributed by atoms with Gasteiger partial charge in [0.05, 0.1) is 20.9 Å². The Kier molecular flexibility index (Phi) is 4.86. The lowest BCUT2D eigenvalue weighted by Gasteiger charge is -2.48. The normalized spacial score (nSPS) is 25.3. The van der Waals surface area contributed by atoms with Crippen LogP contribution in [0.5, 0.6) is 0 Å². The molecule has 1 aliphatic carbocycles. The van der Waals surface area contributed by atoms with E-state index in [-0.39, 0.29) is 23.6 Å². The van der Waals surface area contributed by atoms with E-state index < -0.39 is 27.8 Å². The zero-order valence-electron chi connectivity index (χ0n) is 13.8. The first-order chi connectivity index (χ1) is 12.2. The van der Waals surface area contributed by atoms with E-state index in [9.17, 15) is 18.1 Å². The van der Waals surface area contributed by atoms with Crippen LogP contribution in [-0.2, 0) is 19.9 Å². The lowest BCUT2D eigenvalue weighted by Crippen LogP contribution is -2.53. The number of aryl methyl sites for hydroxylation is 1. The molecule has 1 aromatic carbocycles. The molecule has 1 heterocycles. The summed E-state index contributed by atoms with van der Waals surface area (Å²) in [5.74, 6) is 0.107. The van der Waals surface area contributed by atoms with E-state index in [1.165, 1.54) is 24.5 Å². The smallest absolute Gasteiger partial charge is 0.251 e. The number of hydrogen-bond donors (Lipinski definition) is 0. The van der Waals surface area contributed by atoms with Crippen molar-refractivity contribution in [3.05, 3.63) is 52.5 Å². The summed E-state index contributed by atoms with van der Waals surface area (Å²) in [4.78, 5) is 8.22. The van der Waals surface area contributed by atoms with Gasteiger partial charge in [0.2, 0.25) is 0 Å². The van der Waals surface area contributed by atoms with E-state index in [0.29, 0.717) is 4.47 Å². The van der Waals surface area contributed by atoms with Crippen molar-refractivity contribution in [3.8, 4) is 6.07 Å². The summed E-state index contributed by atoms with van der Waals surface area (Å²) in [6.07, 6.45) is 2.63. The predicted molar refractivity (Wildman–Crippen MR) is 94.1 cm³/mol. The number of nitrogens with zero attached hydrogens (tertiary/aromatic N) is 3. The van der Waals surface area contributed by atoms with Gasteiger partial charge in [0.15, 0.2) is 11.4 Å². The Labute approximate surface area is 159 Å². The van der Waals surface area contributed by atoms with Crippen molar-refractivity contribution in [1.82, 2.24) is 9.97 Å². The Bertz CT molecular complexity index is 950. The second-order valence-corrected chi connectivity index (χ2v) is 8.91. The first-order valence-electron chi connectivity index (χ1n) is 7.72. The molecule has 0 atom stereocenters. The lowest BCUT2D eigenvalue weighted by molar-refractivity contribution is -0.0983. The largest absolute Gasteiger partial charge is 0.297 e. The minimum atomic E-state index is -4.14. The van der Waals surface area contributed by atoms with E-state index in [1.54, 1.807) is 12.1 Å². The first kappa shape index (κ1) is 18.9. The maximum Gasteiger partial charge on any atom is 0.297 e. The van der Waals surface area contributed by atoms with Gasteiger partial charge in [-0.2, -0.15) is 13.7 Å². The van der Waals surface area contributed by atoms with Crippen molar-refractivity contribution in [3.63, 3.8) is 0 Å². The highest BCUT2D eigenvalue weighted by Gasteiger charge is 2.61. The SMILES string of the molecule is Cc1ccc(S(=O)(=O)OC2(c3ncc(Br)cn3)CC(C#N)(CF)C2)cc1. The summed E-state index contributed by atoms with van der Waals surface area (Å²) in [6, 6.07) is 8.10. The van der Waals surface area contributed by atoms with Crippen LogP contribution in [0.1, 0.15) is 24.2 Å². The zero-order chi connectivity index (χ0) is 19.0. The second-order valence-electron chi connectivity index (χ2n) is 6.45. The molecule has 0 saturated heterocycles. The molecule has 0 aliphatic heterocycles. The van der Waals surface area contributed by atoms with Crippen molar-refractivity contribution in [2.24, 2.45) is 5.41 Å². The van der Waals surface area contributed by atoms with Gasteiger partial charge in [-0.05, 0) is 35.0 Å². The maximum atomic E-state index is 13.3. The molecule has 0 N–H and O–H groups in total. The Balaban J connectivity index is 1.99. The maximum absolute atomic E-state index is 13.3. The molecule has 1 aliphatic rings. The summed E-state index contributed by atoms with van der Waals surface area (Å²) in [6.45, 7) is 0.943. The van der Waals surface area contributed by atoms with Crippen LogP contribution in [0.15, 0.2) is 46.0 Å². The molecule has 0 spiro atoms. The highest BCUT2D eigenvalue weighted by Crippen LogP contribution is 2.56. The number of aromatic nitrogens is 2. The molecule has 0 radical (unpaired) electrons. The lowest BCUT2D eigenvalue weighted by atomic mass is 9.60. The number of alkyl halides is 1. The standard InChI is InChI=1S/C17H15BrFN3O3S/c1-12-2-4-14(5-3-12)26(23,24)25-17(8-16(9-17,10-19)11-20)15-21-6-13(18)7-22-15/h2-7H,8-10H2,1H3. The molecule has 1 fully saturated rings. The quantitative estimate of drug-likeness (QED) is 0.662. The van der Waals surface area contributed by atoms with Crippen LogP contribution in [0.4, 0.5) is 4.39 Å². The number of benzene rings is 1. The predicted octanol–water partition coefficient (Wildman–Crippen LogP) is 3.42. The van der Waals surface area contributed by atoms with Gasteiger partial charge in [0.25, 0.3) is 10.1 Å². The van der Waals surface area contributed by atoms with E-state index in [0.717, 1.165) is 5.56 Å². The van der Waals surface area contributed by atoms with Crippen LogP contribution < -0.4 is 0 Å². The minimum Gasteiger partial charge on any atom is -0.251 e. The molecule has 6 nitrogen and oxygen atoms in total. The Morgan fingerprint density at radius 3 is 2.35 bits per heavy atom. The van der Waals surface area contributed by atoms with E-state index in [4.69, 9.17) is 4.18 Å². The van der Waals surface area contributed by atoms with Crippen LogP contribution in [0.25, 0.3) is 0 Å². The minimum absolute atomic E-state index is 0.0192. The molecule has 0 bridgehead atoms. The van der Waals surface area contributed by atoms with Crippen molar-refractivity contribution in [2.75, 3.05) is 6.67 Å². The molecule has 2 aromatic rings. The summed E-state index contributed by atoms with van der Waals surface area (Å²) in [5, 5.41) is 9.26. The van der Waals surface area contributed by atoms with Gasteiger partial charge in [0.1, 0.15) is 6.67 Å². The van der Waals surface area contributed by atoms with E-state index in [1.807, 2.05) is 13.0 Å². The Morgan fingerprint density at radius 1 is 1.27 bits per heavy atom. The molecular weight excluding hydrogens is 425 g/mol. The van der Waals surface area contributed by atoms with Crippen LogP contribution >= 0.6 is 15.9 Å². The van der Waals surface area contributed by atoms with Gasteiger partial charge in [-0.25, -0.2) is 14.4 Å². The van der Waals surface area contributed by atoms with Gasteiger partial charge in [-0.15, -0.1) is 0 Å². The zero-order valence-corrected chi connectivity index (χ0v) is 16.2. The van der Waals surface area contributed by atoms with Gasteiger partial charge in [0, 0.05) is 25.2 Å². The number of nitriles is 1. The summed E-state index contributed by atoms with van der Waals surface area (Å²) < 4.78 is 44.9. The molecule has 0 unspecified atom stereocenters. The third-order valence-electron chi connectivity index (χ3n) is 4.35. The molecular formula is C17H15BrFN3O3S. The average molecular weight is 440 g/mol. The van der Waals surface area contributed by atoms with E-state index in [2.05, 4.69) is 25.9 Å². The Hall–Kier alpha value is -1.89. The van der Waals surface area contributed by atoms with Crippen molar-refractivity contribution >= 4 is 26.0 Å². The Morgan fingerprint density at radius 2 is 1.85 bits per heavy atom. The molecule has 0 amide bonds. The van der Waals surface area contributed by atoms with Crippen LogP contribution in [0, 0.1) is 23.7 Å². The van der Waals surface area contributed by atoms with E-state index >= 15 is 0 Å². The topological polar surface area (TPSA) is 92.9 Å². The van der Waals surface area contributed by atoms with Crippen molar-refractivity contribution in [2.45, 2.75) is 30.3 Å². The fourth-order valence-electron chi connectivity index (χ4n) is 3.01. The fraction of sp³-hybridized carbons (Fsp3) is 0.353. The van der Waals surface area contributed by atoms with Crippen LogP contribution in [-0.4, -0.2) is 25.1 Å².